The predicted molar refractivity (Wildman–Crippen MR) is 82.2 cm³/mol. The van der Waals surface area contributed by atoms with Crippen LogP contribution in [0.1, 0.15) is 24.9 Å². The van der Waals surface area contributed by atoms with Gasteiger partial charge in [-0.3, -0.25) is 0 Å². The molecule has 1 atom stereocenters. The van der Waals surface area contributed by atoms with Crippen molar-refractivity contribution in [2.45, 2.75) is 19.4 Å². The number of nitrogens with one attached hydrogen (secondary N) is 1. The van der Waals surface area contributed by atoms with E-state index in [4.69, 9.17) is 34.8 Å². The summed E-state index contributed by atoms with van der Waals surface area (Å²) in [7, 11) is -2.91. The average molecular weight is 345 g/mol. The van der Waals surface area contributed by atoms with Gasteiger partial charge in [-0.05, 0) is 31.5 Å². The smallest absolute Gasteiger partial charge is 0.147 e. The highest BCUT2D eigenvalue weighted by Gasteiger charge is 2.14. The summed E-state index contributed by atoms with van der Waals surface area (Å²) < 4.78 is 22.0. The molecule has 3 nitrogen and oxygen atoms in total. The molecule has 0 radical (unpaired) electrons. The maximum atomic E-state index is 11.0. The van der Waals surface area contributed by atoms with Crippen LogP contribution in [0.15, 0.2) is 12.1 Å². The largest absolute Gasteiger partial charge is 0.310 e. The summed E-state index contributed by atoms with van der Waals surface area (Å²) in [6.45, 7) is 2.52. The zero-order chi connectivity index (χ0) is 14.6. The van der Waals surface area contributed by atoms with Crippen LogP contribution >= 0.6 is 34.8 Å². The Labute approximate surface area is 129 Å². The highest BCUT2D eigenvalue weighted by atomic mass is 35.5. The maximum Gasteiger partial charge on any atom is 0.147 e. The molecular weight excluding hydrogens is 329 g/mol. The van der Waals surface area contributed by atoms with Gasteiger partial charge < -0.3 is 5.32 Å². The topological polar surface area (TPSA) is 46.2 Å². The molecule has 0 aliphatic rings. The normalized spacial score (nSPS) is 13.5. The van der Waals surface area contributed by atoms with Crippen molar-refractivity contribution in [3.05, 3.63) is 32.8 Å². The molecular formula is C12H16Cl3NO2S. The van der Waals surface area contributed by atoms with Crippen molar-refractivity contribution in [3.63, 3.8) is 0 Å². The van der Waals surface area contributed by atoms with Crippen LogP contribution in [0, 0.1) is 0 Å². The lowest BCUT2D eigenvalue weighted by atomic mass is 10.1. The first-order valence-electron chi connectivity index (χ1n) is 5.77. The van der Waals surface area contributed by atoms with Crippen molar-refractivity contribution in [1.82, 2.24) is 5.32 Å². The van der Waals surface area contributed by atoms with Crippen LogP contribution in [0.4, 0.5) is 0 Å². The maximum absolute atomic E-state index is 11.0. The molecule has 19 heavy (non-hydrogen) atoms. The number of halogens is 3. The summed E-state index contributed by atoms with van der Waals surface area (Å²) in [5.74, 6) is 0.168. The zero-order valence-electron chi connectivity index (χ0n) is 10.7. The van der Waals surface area contributed by atoms with E-state index in [0.717, 1.165) is 5.56 Å². The quantitative estimate of drug-likeness (QED) is 0.632. The third-order valence-corrected chi connectivity index (χ3v) is 5.01. The average Bonchev–Trinajstić information content (AvgIpc) is 2.30. The molecule has 1 aromatic rings. The molecule has 108 valence electrons. The molecule has 1 N–H and O–H groups in total. The molecule has 0 aliphatic heterocycles. The molecule has 0 spiro atoms. The number of hydrogen-bond acceptors (Lipinski definition) is 3. The molecule has 0 saturated heterocycles. The van der Waals surface area contributed by atoms with Crippen LogP contribution in [0.5, 0.6) is 0 Å². The number of sulfone groups is 1. The molecule has 7 heteroatoms. The lowest BCUT2D eigenvalue weighted by Crippen LogP contribution is -2.22. The van der Waals surface area contributed by atoms with Crippen LogP contribution < -0.4 is 5.32 Å². The minimum absolute atomic E-state index is 0.0261. The van der Waals surface area contributed by atoms with E-state index in [9.17, 15) is 8.42 Å². The molecule has 1 rings (SSSR count). The Bertz CT molecular complexity index is 546. The van der Waals surface area contributed by atoms with E-state index >= 15 is 0 Å². The molecule has 0 aliphatic carbocycles. The van der Waals surface area contributed by atoms with Crippen LogP contribution in [0.25, 0.3) is 0 Å². The Balaban J connectivity index is 2.59. The highest BCUT2D eigenvalue weighted by molar-refractivity contribution is 7.90. The Morgan fingerprint density at radius 3 is 2.42 bits per heavy atom. The summed E-state index contributed by atoms with van der Waals surface area (Å²) >= 11 is 18.0. The van der Waals surface area contributed by atoms with E-state index < -0.39 is 9.84 Å². The number of rotatable bonds is 6. The molecule has 0 fully saturated rings. The monoisotopic (exact) mass is 343 g/mol. The summed E-state index contributed by atoms with van der Waals surface area (Å²) in [5, 5.41) is 4.39. The summed E-state index contributed by atoms with van der Waals surface area (Å²) in [6.07, 6.45) is 1.79. The zero-order valence-corrected chi connectivity index (χ0v) is 13.8. The van der Waals surface area contributed by atoms with Crippen LogP contribution in [0.3, 0.4) is 0 Å². The lowest BCUT2D eigenvalue weighted by Gasteiger charge is -2.16. The third kappa shape index (κ3) is 5.48. The molecule has 1 unspecified atom stereocenters. The summed E-state index contributed by atoms with van der Waals surface area (Å²) in [5.41, 5.74) is 0.843. The van der Waals surface area contributed by atoms with E-state index in [0.29, 0.717) is 28.0 Å². The van der Waals surface area contributed by atoms with E-state index in [1.165, 1.54) is 6.26 Å². The second-order valence-electron chi connectivity index (χ2n) is 4.42. The van der Waals surface area contributed by atoms with Gasteiger partial charge in [0.05, 0.1) is 20.8 Å². The fraction of sp³-hybridized carbons (Fsp3) is 0.500. The van der Waals surface area contributed by atoms with Gasteiger partial charge in [-0.2, -0.15) is 0 Å². The fourth-order valence-corrected chi connectivity index (χ4v) is 3.01. The van der Waals surface area contributed by atoms with E-state index in [2.05, 4.69) is 5.32 Å². The summed E-state index contributed by atoms with van der Waals surface area (Å²) in [4.78, 5) is 0. The van der Waals surface area contributed by atoms with Crippen LogP contribution in [-0.4, -0.2) is 27.0 Å². The predicted octanol–water partition coefficient (Wildman–Crippen LogP) is 3.73. The van der Waals surface area contributed by atoms with Crippen molar-refractivity contribution < 1.29 is 8.42 Å². The molecule has 0 amide bonds. The Morgan fingerprint density at radius 1 is 1.21 bits per heavy atom. The van der Waals surface area contributed by atoms with Crippen molar-refractivity contribution in [3.8, 4) is 0 Å². The van der Waals surface area contributed by atoms with Gasteiger partial charge in [-0.25, -0.2) is 8.42 Å². The first-order valence-corrected chi connectivity index (χ1v) is 8.96. The van der Waals surface area contributed by atoms with Gasteiger partial charge in [0.1, 0.15) is 9.84 Å². The van der Waals surface area contributed by atoms with Gasteiger partial charge in [0.2, 0.25) is 0 Å². The van der Waals surface area contributed by atoms with Crippen LogP contribution in [0.2, 0.25) is 15.1 Å². The van der Waals surface area contributed by atoms with E-state index in [1.54, 1.807) is 6.07 Å². The van der Waals surface area contributed by atoms with Gasteiger partial charge in [0, 0.05) is 12.3 Å². The minimum atomic E-state index is -2.91. The van der Waals surface area contributed by atoms with Crippen molar-refractivity contribution >= 4 is 44.6 Å². The number of hydrogen-bond donors (Lipinski definition) is 1. The SMILES string of the molecule is CC(NCCCS(C)(=O)=O)c1ccc(Cl)c(Cl)c1Cl. The Morgan fingerprint density at radius 2 is 1.84 bits per heavy atom. The molecule has 0 saturated carbocycles. The Hall–Kier alpha value is -0.000000000000000167. The molecule has 0 heterocycles. The van der Waals surface area contributed by atoms with Gasteiger partial charge >= 0.3 is 0 Å². The van der Waals surface area contributed by atoms with Crippen molar-refractivity contribution in [2.75, 3.05) is 18.6 Å². The van der Waals surface area contributed by atoms with Gasteiger partial charge in [0.15, 0.2) is 0 Å². The van der Waals surface area contributed by atoms with E-state index in [1.807, 2.05) is 13.0 Å². The number of benzene rings is 1. The molecule has 0 aromatic heterocycles. The molecule has 0 bridgehead atoms. The standard InChI is InChI=1S/C12H16Cl3NO2S/c1-8(16-6-3-7-19(2,17)18)9-4-5-10(13)12(15)11(9)14/h4-5,8,16H,3,6-7H2,1-2H3. The van der Waals surface area contributed by atoms with Gasteiger partial charge in [-0.15, -0.1) is 0 Å². The first kappa shape index (κ1) is 17.1. The van der Waals surface area contributed by atoms with Crippen LogP contribution in [-0.2, 0) is 9.84 Å². The second-order valence-corrected chi connectivity index (χ2v) is 7.85. The van der Waals surface area contributed by atoms with Gasteiger partial charge in [0.25, 0.3) is 0 Å². The van der Waals surface area contributed by atoms with Gasteiger partial charge in [-0.1, -0.05) is 40.9 Å². The lowest BCUT2D eigenvalue weighted by molar-refractivity contribution is 0.562. The van der Waals surface area contributed by atoms with Crippen molar-refractivity contribution in [2.24, 2.45) is 0 Å². The first-order chi connectivity index (χ1) is 8.72. The Kier molecular flexibility index (Phi) is 6.40. The third-order valence-electron chi connectivity index (χ3n) is 2.67. The fourth-order valence-electron chi connectivity index (χ4n) is 1.64. The minimum Gasteiger partial charge on any atom is -0.310 e. The molecule has 1 aromatic carbocycles. The second kappa shape index (κ2) is 7.14. The highest BCUT2D eigenvalue weighted by Crippen LogP contribution is 2.35. The van der Waals surface area contributed by atoms with Crippen molar-refractivity contribution in [1.29, 1.82) is 0 Å². The van der Waals surface area contributed by atoms with E-state index in [-0.39, 0.29) is 11.8 Å². The summed E-state index contributed by atoms with van der Waals surface area (Å²) in [6, 6.07) is 3.48.